The second kappa shape index (κ2) is 11.2. The van der Waals surface area contributed by atoms with E-state index in [1.165, 1.54) is 0 Å². The molecule has 0 saturated heterocycles. The van der Waals surface area contributed by atoms with Gasteiger partial charge in [-0.2, -0.15) is 0 Å². The number of nitrogens with one attached hydrogen (secondary N) is 2. The predicted octanol–water partition coefficient (Wildman–Crippen LogP) is 3.45. The Balaban J connectivity index is 1.71. The maximum absolute atomic E-state index is 12.0. The van der Waals surface area contributed by atoms with E-state index in [2.05, 4.69) is 10.6 Å². The van der Waals surface area contributed by atoms with Gasteiger partial charge in [0.05, 0.1) is 6.54 Å². The third-order valence-electron chi connectivity index (χ3n) is 4.24. The number of para-hydroxylation sites is 1. The Morgan fingerprint density at radius 2 is 1.73 bits per heavy atom. The van der Waals surface area contributed by atoms with Gasteiger partial charge in [0.2, 0.25) is 5.91 Å². The lowest BCUT2D eigenvalue weighted by Crippen LogP contribution is -2.36. The van der Waals surface area contributed by atoms with Crippen LogP contribution in [0.25, 0.3) is 0 Å². The van der Waals surface area contributed by atoms with Crippen LogP contribution in [0, 0.1) is 6.92 Å². The zero-order valence-corrected chi connectivity index (χ0v) is 17.9. The van der Waals surface area contributed by atoms with Gasteiger partial charge < -0.3 is 20.1 Å². The largest absolute Gasteiger partial charge is 0.482 e. The van der Waals surface area contributed by atoms with Gasteiger partial charge in [-0.15, -0.1) is 0 Å². The molecule has 8 heteroatoms. The zero-order valence-electron chi connectivity index (χ0n) is 17.2. The second-order valence-corrected chi connectivity index (χ2v) is 7.29. The van der Waals surface area contributed by atoms with E-state index in [4.69, 9.17) is 21.1 Å². The smallest absolute Gasteiger partial charge is 0.344 e. The van der Waals surface area contributed by atoms with Crippen molar-refractivity contribution in [3.63, 3.8) is 0 Å². The molecule has 30 heavy (non-hydrogen) atoms. The molecular formula is C22H25ClN2O5. The lowest BCUT2D eigenvalue weighted by Gasteiger charge is -2.13. The van der Waals surface area contributed by atoms with Gasteiger partial charge in [-0.3, -0.25) is 9.59 Å². The topological polar surface area (TPSA) is 93.7 Å². The molecule has 0 fully saturated rings. The van der Waals surface area contributed by atoms with Crippen molar-refractivity contribution in [1.82, 2.24) is 5.32 Å². The van der Waals surface area contributed by atoms with Gasteiger partial charge in [0.25, 0.3) is 5.91 Å². The second-order valence-electron chi connectivity index (χ2n) is 6.88. The minimum atomic E-state index is -0.678. The monoisotopic (exact) mass is 432 g/mol. The summed E-state index contributed by atoms with van der Waals surface area (Å²) in [5, 5.41) is 5.58. The number of anilines is 1. The van der Waals surface area contributed by atoms with Crippen LogP contribution in [0.5, 0.6) is 5.75 Å². The fourth-order valence-electron chi connectivity index (χ4n) is 2.58. The minimum absolute atomic E-state index is 0.241. The summed E-state index contributed by atoms with van der Waals surface area (Å²) in [6.45, 7) is 4.74. The first-order chi connectivity index (χ1) is 14.3. The average Bonchev–Trinajstić information content (AvgIpc) is 2.72. The molecule has 0 spiro atoms. The van der Waals surface area contributed by atoms with Crippen LogP contribution >= 0.6 is 11.6 Å². The maximum Gasteiger partial charge on any atom is 0.344 e. The van der Waals surface area contributed by atoms with E-state index in [1.54, 1.807) is 31.2 Å². The zero-order chi connectivity index (χ0) is 22.1. The predicted molar refractivity (Wildman–Crippen MR) is 115 cm³/mol. The van der Waals surface area contributed by atoms with Crippen molar-refractivity contribution in [2.24, 2.45) is 0 Å². The van der Waals surface area contributed by atoms with E-state index in [0.29, 0.717) is 16.5 Å². The van der Waals surface area contributed by atoms with Crippen molar-refractivity contribution < 1.29 is 23.9 Å². The summed E-state index contributed by atoms with van der Waals surface area (Å²) in [6.07, 6.45) is 0. The normalized spacial score (nSPS) is 10.4. The van der Waals surface area contributed by atoms with Crippen LogP contribution in [0.4, 0.5) is 5.69 Å². The molecule has 0 unspecified atom stereocenters. The number of esters is 1. The van der Waals surface area contributed by atoms with Crippen molar-refractivity contribution >= 4 is 35.1 Å². The van der Waals surface area contributed by atoms with Crippen LogP contribution in [0.2, 0.25) is 5.02 Å². The van der Waals surface area contributed by atoms with Gasteiger partial charge in [-0.25, -0.2) is 4.79 Å². The molecule has 0 aliphatic rings. The van der Waals surface area contributed by atoms with Crippen molar-refractivity contribution in [3.8, 4) is 5.75 Å². The Bertz CT molecular complexity index is 914. The quantitative estimate of drug-likeness (QED) is 0.592. The Labute approximate surface area is 180 Å². The molecule has 0 atom stereocenters. The third kappa shape index (κ3) is 7.08. The first kappa shape index (κ1) is 23.2. The molecule has 0 radical (unpaired) electrons. The fraction of sp³-hybridized carbons (Fsp3) is 0.318. The molecule has 7 nitrogen and oxygen atoms in total. The highest BCUT2D eigenvalue weighted by Gasteiger charge is 2.13. The highest BCUT2D eigenvalue weighted by Crippen LogP contribution is 2.25. The summed E-state index contributed by atoms with van der Waals surface area (Å²) in [6, 6.07) is 12.5. The third-order valence-corrected chi connectivity index (χ3v) is 4.65. The molecule has 2 N–H and O–H groups in total. The maximum atomic E-state index is 12.0. The molecule has 0 heterocycles. The van der Waals surface area contributed by atoms with Crippen molar-refractivity contribution in [1.29, 1.82) is 0 Å². The number of carbonyl (C=O) groups excluding carboxylic acids is 3. The van der Waals surface area contributed by atoms with Gasteiger partial charge in [-0.1, -0.05) is 49.7 Å². The summed E-state index contributed by atoms with van der Waals surface area (Å²) < 4.78 is 10.4. The van der Waals surface area contributed by atoms with Crippen LogP contribution in [0.1, 0.15) is 30.9 Å². The Hall–Kier alpha value is -3.06. The molecule has 0 saturated carbocycles. The molecule has 0 aliphatic heterocycles. The molecular weight excluding hydrogens is 408 g/mol. The first-order valence-corrected chi connectivity index (χ1v) is 9.84. The number of halogens is 1. The van der Waals surface area contributed by atoms with Crippen molar-refractivity contribution in [2.75, 3.05) is 25.1 Å². The summed E-state index contributed by atoms with van der Waals surface area (Å²) in [4.78, 5) is 35.6. The molecule has 2 rings (SSSR count). The number of ether oxygens (including phenoxy) is 2. The lowest BCUT2D eigenvalue weighted by atomic mass is 10.0. The Morgan fingerprint density at radius 1 is 1.00 bits per heavy atom. The molecule has 2 aromatic rings. The summed E-state index contributed by atoms with van der Waals surface area (Å²) in [5.41, 5.74) is 2.27. The Kier molecular flexibility index (Phi) is 8.68. The highest BCUT2D eigenvalue weighted by molar-refractivity contribution is 6.31. The van der Waals surface area contributed by atoms with Gasteiger partial charge in [0.15, 0.2) is 13.2 Å². The fourth-order valence-corrected chi connectivity index (χ4v) is 2.76. The minimum Gasteiger partial charge on any atom is -0.482 e. The van der Waals surface area contributed by atoms with Crippen LogP contribution in [0.3, 0.4) is 0 Å². The molecule has 160 valence electrons. The van der Waals surface area contributed by atoms with Gasteiger partial charge >= 0.3 is 5.97 Å². The molecule has 2 aromatic carbocycles. The van der Waals surface area contributed by atoms with E-state index < -0.39 is 24.4 Å². The average molecular weight is 433 g/mol. The number of carbonyl (C=O) groups is 3. The Morgan fingerprint density at radius 3 is 2.47 bits per heavy atom. The van der Waals surface area contributed by atoms with Gasteiger partial charge in [0.1, 0.15) is 5.75 Å². The van der Waals surface area contributed by atoms with Crippen molar-refractivity contribution in [2.45, 2.75) is 26.7 Å². The van der Waals surface area contributed by atoms with Gasteiger partial charge in [0, 0.05) is 10.7 Å². The number of amides is 2. The molecule has 0 aromatic heterocycles. The highest BCUT2D eigenvalue weighted by atomic mass is 35.5. The number of benzene rings is 2. The number of hydrogen-bond acceptors (Lipinski definition) is 5. The summed E-state index contributed by atoms with van der Waals surface area (Å²) in [7, 11) is 0. The van der Waals surface area contributed by atoms with Crippen LogP contribution in [0.15, 0.2) is 42.5 Å². The van der Waals surface area contributed by atoms with E-state index in [9.17, 15) is 14.4 Å². The molecule has 0 aliphatic carbocycles. The van der Waals surface area contributed by atoms with E-state index in [0.717, 1.165) is 11.1 Å². The van der Waals surface area contributed by atoms with Crippen LogP contribution < -0.4 is 15.4 Å². The molecule has 2 amide bonds. The molecule has 0 bridgehead atoms. The summed E-state index contributed by atoms with van der Waals surface area (Å²) in [5.74, 6) is -0.855. The number of rotatable bonds is 9. The first-order valence-electron chi connectivity index (χ1n) is 9.47. The lowest BCUT2D eigenvalue weighted by molar-refractivity contribution is -0.150. The number of hydrogen-bond donors (Lipinski definition) is 2. The SMILES string of the molecule is Cc1c(Cl)cccc1NC(=O)CNC(=O)COC(=O)COc1ccccc1C(C)C. The summed E-state index contributed by atoms with van der Waals surface area (Å²) >= 11 is 6.00. The van der Waals surface area contributed by atoms with Crippen LogP contribution in [-0.2, 0) is 19.1 Å². The van der Waals surface area contributed by atoms with Gasteiger partial charge in [-0.05, 0) is 42.2 Å². The van der Waals surface area contributed by atoms with Crippen LogP contribution in [-0.4, -0.2) is 37.5 Å². The van der Waals surface area contributed by atoms with E-state index in [1.807, 2.05) is 32.0 Å². The van der Waals surface area contributed by atoms with E-state index >= 15 is 0 Å². The van der Waals surface area contributed by atoms with E-state index in [-0.39, 0.29) is 19.1 Å². The van der Waals surface area contributed by atoms with Crippen molar-refractivity contribution in [3.05, 3.63) is 58.6 Å². The standard InChI is InChI=1S/C22H25ClN2O5/c1-14(2)16-7-4-5-10-19(16)29-13-22(28)30-12-21(27)24-11-20(26)25-18-9-6-8-17(23)15(18)3/h4-10,14H,11-13H2,1-3H3,(H,24,27)(H,25,26).